The molecule has 88 valence electrons. The summed E-state index contributed by atoms with van der Waals surface area (Å²) in [7, 11) is 0. The van der Waals surface area contributed by atoms with Gasteiger partial charge in [0, 0.05) is 14.6 Å². The molecule has 1 nitrogen and oxygen atoms in total. The lowest BCUT2D eigenvalue weighted by atomic mass is 10.1. The predicted octanol–water partition coefficient (Wildman–Crippen LogP) is 3.91. The van der Waals surface area contributed by atoms with Crippen LogP contribution in [0.1, 0.15) is 23.6 Å². The normalized spacial score (nSPS) is 11.1. The van der Waals surface area contributed by atoms with Gasteiger partial charge in [-0.3, -0.25) is 0 Å². The largest absolute Gasteiger partial charge is 0.378 e. The van der Waals surface area contributed by atoms with Gasteiger partial charge in [-0.15, -0.1) is 22.7 Å². The summed E-state index contributed by atoms with van der Waals surface area (Å²) in [6.07, 6.45) is 0. The van der Waals surface area contributed by atoms with Gasteiger partial charge in [-0.05, 0) is 45.0 Å². The minimum absolute atomic E-state index is 0.927. The molecular formula is C14H14OS2. The van der Waals surface area contributed by atoms with E-state index in [0.717, 1.165) is 4.88 Å². The van der Waals surface area contributed by atoms with Crippen molar-refractivity contribution in [3.05, 3.63) is 34.0 Å². The average molecular weight is 262 g/mol. The van der Waals surface area contributed by atoms with Gasteiger partial charge in [0.2, 0.25) is 0 Å². The molecule has 0 aliphatic heterocycles. The van der Waals surface area contributed by atoms with Crippen LogP contribution in [0.25, 0.3) is 9.75 Å². The molecule has 2 heterocycles. The first kappa shape index (κ1) is 12.4. The van der Waals surface area contributed by atoms with E-state index in [1.54, 1.807) is 36.5 Å². The molecule has 0 fully saturated rings. The molecule has 0 aromatic carbocycles. The van der Waals surface area contributed by atoms with Crippen molar-refractivity contribution in [2.75, 3.05) is 0 Å². The molecule has 0 atom stereocenters. The fourth-order valence-corrected chi connectivity index (χ4v) is 3.14. The summed E-state index contributed by atoms with van der Waals surface area (Å²) in [5.74, 6) is 5.83. The topological polar surface area (TPSA) is 20.2 Å². The minimum atomic E-state index is -0.927. The number of hydrogen-bond acceptors (Lipinski definition) is 3. The molecule has 17 heavy (non-hydrogen) atoms. The summed E-state index contributed by atoms with van der Waals surface area (Å²) >= 11 is 3.46. The molecule has 0 aliphatic rings. The summed E-state index contributed by atoms with van der Waals surface area (Å²) in [5.41, 5.74) is -0.927. The van der Waals surface area contributed by atoms with E-state index >= 15 is 0 Å². The standard InChI is InChI=1S/C14H14OS2/c1-10-4-6-12(16-10)13-7-5-11(17-13)8-9-14(2,3)15/h4-7,15H,1-3H3. The van der Waals surface area contributed by atoms with Gasteiger partial charge < -0.3 is 5.11 Å². The van der Waals surface area contributed by atoms with Crippen LogP contribution in [0, 0.1) is 18.8 Å². The van der Waals surface area contributed by atoms with Gasteiger partial charge in [0.15, 0.2) is 0 Å². The van der Waals surface area contributed by atoms with Crippen molar-refractivity contribution in [1.29, 1.82) is 0 Å². The van der Waals surface area contributed by atoms with Crippen LogP contribution < -0.4 is 0 Å². The number of rotatable bonds is 1. The predicted molar refractivity (Wildman–Crippen MR) is 75.5 cm³/mol. The molecule has 0 saturated carbocycles. The highest BCUT2D eigenvalue weighted by atomic mass is 32.1. The number of aryl methyl sites for hydroxylation is 1. The monoisotopic (exact) mass is 262 g/mol. The third-order valence-electron chi connectivity index (χ3n) is 2.08. The Morgan fingerprint density at radius 2 is 1.71 bits per heavy atom. The van der Waals surface area contributed by atoms with E-state index in [9.17, 15) is 5.11 Å². The molecule has 0 bridgehead atoms. The molecule has 2 aromatic heterocycles. The Balaban J connectivity index is 2.24. The molecule has 0 radical (unpaired) electrons. The Morgan fingerprint density at radius 1 is 1.06 bits per heavy atom. The summed E-state index contributed by atoms with van der Waals surface area (Å²) < 4.78 is 0. The van der Waals surface area contributed by atoms with Crippen LogP contribution in [-0.4, -0.2) is 10.7 Å². The second-order valence-corrected chi connectivity index (χ2v) is 6.75. The summed E-state index contributed by atoms with van der Waals surface area (Å²) in [6.45, 7) is 5.49. The first-order chi connectivity index (χ1) is 7.94. The van der Waals surface area contributed by atoms with E-state index in [1.165, 1.54) is 14.6 Å². The molecule has 0 saturated heterocycles. The van der Waals surface area contributed by atoms with E-state index in [0.29, 0.717) is 0 Å². The summed E-state index contributed by atoms with van der Waals surface area (Å²) in [5, 5.41) is 9.54. The third kappa shape index (κ3) is 3.44. The van der Waals surface area contributed by atoms with Crippen LogP contribution in [0.5, 0.6) is 0 Å². The fraction of sp³-hybridized carbons (Fsp3) is 0.286. The molecule has 1 N–H and O–H groups in total. The Morgan fingerprint density at radius 3 is 2.29 bits per heavy atom. The van der Waals surface area contributed by atoms with Crippen molar-refractivity contribution in [3.8, 4) is 21.6 Å². The molecule has 2 rings (SSSR count). The van der Waals surface area contributed by atoms with Crippen molar-refractivity contribution in [3.63, 3.8) is 0 Å². The average Bonchev–Trinajstić information content (AvgIpc) is 2.81. The van der Waals surface area contributed by atoms with Gasteiger partial charge in [-0.1, -0.05) is 11.8 Å². The number of aliphatic hydroxyl groups is 1. The zero-order chi connectivity index (χ0) is 12.5. The van der Waals surface area contributed by atoms with Gasteiger partial charge in [-0.2, -0.15) is 0 Å². The van der Waals surface area contributed by atoms with Crippen LogP contribution in [0.4, 0.5) is 0 Å². The van der Waals surface area contributed by atoms with Crippen molar-refractivity contribution >= 4 is 22.7 Å². The SMILES string of the molecule is Cc1ccc(-c2ccc(C#CC(C)(C)O)s2)s1. The fourth-order valence-electron chi connectivity index (χ4n) is 1.32. The Hall–Kier alpha value is -1.08. The molecule has 2 aromatic rings. The van der Waals surface area contributed by atoms with E-state index in [4.69, 9.17) is 0 Å². The van der Waals surface area contributed by atoms with Crippen molar-refractivity contribution in [2.45, 2.75) is 26.4 Å². The Labute approximate surface area is 110 Å². The lowest BCUT2D eigenvalue weighted by Gasteiger charge is -2.05. The number of hydrogen-bond donors (Lipinski definition) is 1. The third-order valence-corrected chi connectivity index (χ3v) is 4.28. The van der Waals surface area contributed by atoms with Crippen LogP contribution in [0.2, 0.25) is 0 Å². The maximum atomic E-state index is 9.54. The van der Waals surface area contributed by atoms with Gasteiger partial charge in [0.1, 0.15) is 5.60 Å². The molecule has 0 aliphatic carbocycles. The maximum Gasteiger partial charge on any atom is 0.120 e. The molecular weight excluding hydrogens is 248 g/mol. The van der Waals surface area contributed by atoms with Gasteiger partial charge in [-0.25, -0.2) is 0 Å². The highest BCUT2D eigenvalue weighted by Crippen LogP contribution is 2.32. The van der Waals surface area contributed by atoms with Crippen molar-refractivity contribution in [2.24, 2.45) is 0 Å². The summed E-state index contributed by atoms with van der Waals surface area (Å²) in [4.78, 5) is 4.83. The van der Waals surface area contributed by atoms with Crippen molar-refractivity contribution in [1.82, 2.24) is 0 Å². The lowest BCUT2D eigenvalue weighted by molar-refractivity contribution is 0.143. The second-order valence-electron chi connectivity index (χ2n) is 4.38. The zero-order valence-electron chi connectivity index (χ0n) is 10.1. The smallest absolute Gasteiger partial charge is 0.120 e. The second kappa shape index (κ2) is 4.66. The summed E-state index contributed by atoms with van der Waals surface area (Å²) in [6, 6.07) is 8.36. The van der Waals surface area contributed by atoms with Gasteiger partial charge >= 0.3 is 0 Å². The number of thiophene rings is 2. The molecule has 0 spiro atoms. The molecule has 0 unspecified atom stereocenters. The Kier molecular flexibility index (Phi) is 3.39. The quantitative estimate of drug-likeness (QED) is 0.773. The maximum absolute atomic E-state index is 9.54. The first-order valence-electron chi connectivity index (χ1n) is 5.36. The highest BCUT2D eigenvalue weighted by molar-refractivity contribution is 7.22. The molecule has 0 amide bonds. The lowest BCUT2D eigenvalue weighted by Crippen LogP contribution is -2.14. The molecule has 3 heteroatoms. The van der Waals surface area contributed by atoms with Crippen LogP contribution in [-0.2, 0) is 0 Å². The van der Waals surface area contributed by atoms with Crippen LogP contribution in [0.15, 0.2) is 24.3 Å². The van der Waals surface area contributed by atoms with E-state index in [-0.39, 0.29) is 0 Å². The van der Waals surface area contributed by atoms with E-state index < -0.39 is 5.60 Å². The van der Waals surface area contributed by atoms with Crippen molar-refractivity contribution < 1.29 is 5.11 Å². The Bertz CT molecular complexity index is 573. The highest BCUT2D eigenvalue weighted by Gasteiger charge is 2.07. The van der Waals surface area contributed by atoms with E-state index in [1.807, 2.05) is 6.07 Å². The minimum Gasteiger partial charge on any atom is -0.378 e. The van der Waals surface area contributed by atoms with Gasteiger partial charge in [0.05, 0.1) is 4.88 Å². The first-order valence-corrected chi connectivity index (χ1v) is 6.99. The van der Waals surface area contributed by atoms with E-state index in [2.05, 4.69) is 37.0 Å². The van der Waals surface area contributed by atoms with Gasteiger partial charge in [0.25, 0.3) is 0 Å². The van der Waals surface area contributed by atoms with Crippen LogP contribution in [0.3, 0.4) is 0 Å². The van der Waals surface area contributed by atoms with Crippen LogP contribution >= 0.6 is 22.7 Å². The zero-order valence-corrected chi connectivity index (χ0v) is 11.7.